The molecule has 136 valence electrons. The summed E-state index contributed by atoms with van der Waals surface area (Å²) in [6.45, 7) is 8.15. The molecule has 0 spiro atoms. The van der Waals surface area contributed by atoms with Gasteiger partial charge >= 0.3 is 0 Å². The number of carbonyl (C=O) groups excluding carboxylic acids is 1. The first-order chi connectivity index (χ1) is 12.4. The number of amides is 1. The Hall–Kier alpha value is -2.63. The molecule has 0 aliphatic carbocycles. The summed E-state index contributed by atoms with van der Waals surface area (Å²) in [7, 11) is 0. The Balaban J connectivity index is 1.80. The Bertz CT molecular complexity index is 1040. The molecule has 0 N–H and O–H groups in total. The normalized spacial score (nSPS) is 20.8. The van der Waals surface area contributed by atoms with Gasteiger partial charge < -0.3 is 4.90 Å². The highest BCUT2D eigenvalue weighted by Crippen LogP contribution is 2.24. The van der Waals surface area contributed by atoms with E-state index in [2.05, 4.69) is 18.8 Å². The lowest BCUT2D eigenvalue weighted by Crippen LogP contribution is -2.44. The van der Waals surface area contributed by atoms with E-state index < -0.39 is 0 Å². The zero-order valence-electron chi connectivity index (χ0n) is 15.5. The predicted octanol–water partition coefficient (Wildman–Crippen LogP) is 2.46. The van der Waals surface area contributed by atoms with Gasteiger partial charge in [-0.15, -0.1) is 0 Å². The molecule has 2 atom stereocenters. The van der Waals surface area contributed by atoms with Gasteiger partial charge in [0.25, 0.3) is 5.56 Å². The van der Waals surface area contributed by atoms with E-state index in [4.69, 9.17) is 0 Å². The maximum absolute atomic E-state index is 13.0. The number of fused-ring (bicyclic) bond motifs is 3. The van der Waals surface area contributed by atoms with Gasteiger partial charge in [-0.2, -0.15) is 4.98 Å². The first kappa shape index (κ1) is 16.8. The molecule has 1 aliphatic heterocycles. The van der Waals surface area contributed by atoms with Crippen LogP contribution in [0.1, 0.15) is 26.0 Å². The third-order valence-electron chi connectivity index (χ3n) is 5.25. The molecule has 6 nitrogen and oxygen atoms in total. The number of aromatic nitrogens is 3. The van der Waals surface area contributed by atoms with Crippen molar-refractivity contribution in [1.82, 2.24) is 19.1 Å². The topological polar surface area (TPSA) is 59.6 Å². The molecule has 1 amide bonds. The molecule has 0 bridgehead atoms. The van der Waals surface area contributed by atoms with Crippen molar-refractivity contribution < 1.29 is 4.79 Å². The van der Waals surface area contributed by atoms with Gasteiger partial charge in [0.05, 0.1) is 5.52 Å². The number of nitrogens with zero attached hydrogens (tertiary/aromatic N) is 4. The van der Waals surface area contributed by atoms with Crippen LogP contribution in [-0.4, -0.2) is 38.1 Å². The Labute approximate surface area is 152 Å². The number of likely N-dealkylation sites (tertiary alicyclic amines) is 1. The fraction of sp³-hybridized carbons (Fsp3) is 0.450. The first-order valence-electron chi connectivity index (χ1n) is 9.19. The Kier molecular flexibility index (Phi) is 4.05. The predicted molar refractivity (Wildman–Crippen MR) is 101 cm³/mol. The molecule has 3 aromatic rings. The van der Waals surface area contributed by atoms with Crippen LogP contribution >= 0.6 is 0 Å². The van der Waals surface area contributed by atoms with Crippen LogP contribution in [-0.2, 0) is 11.3 Å². The van der Waals surface area contributed by atoms with Gasteiger partial charge in [0, 0.05) is 30.2 Å². The number of hydrogen-bond acceptors (Lipinski definition) is 3. The van der Waals surface area contributed by atoms with Crippen molar-refractivity contribution in [2.75, 3.05) is 13.1 Å². The van der Waals surface area contributed by atoms with Crippen molar-refractivity contribution >= 4 is 22.5 Å². The van der Waals surface area contributed by atoms with E-state index >= 15 is 0 Å². The number of hydrogen-bond donors (Lipinski definition) is 0. The number of benzene rings is 1. The van der Waals surface area contributed by atoms with Crippen molar-refractivity contribution in [2.45, 2.75) is 33.7 Å². The Morgan fingerprint density at radius 3 is 2.62 bits per heavy atom. The third-order valence-corrected chi connectivity index (χ3v) is 5.25. The lowest BCUT2D eigenvalue weighted by Gasteiger charge is -2.35. The van der Waals surface area contributed by atoms with Gasteiger partial charge in [-0.05, 0) is 37.3 Å². The average molecular weight is 352 g/mol. The second-order valence-corrected chi connectivity index (χ2v) is 7.69. The second-order valence-electron chi connectivity index (χ2n) is 7.69. The molecule has 6 heteroatoms. The summed E-state index contributed by atoms with van der Waals surface area (Å²) in [5.74, 6) is 1.17. The molecule has 3 heterocycles. The summed E-state index contributed by atoms with van der Waals surface area (Å²) in [5, 5.41) is 0.890. The molecule has 2 aromatic heterocycles. The molecular weight excluding hydrogens is 328 g/mol. The molecular formula is C20H24N4O2. The SMILES string of the molecule is Cc1cc(=O)nc2c3ccccc3n(CC(=O)N3C[C@H](C)C[C@@H](C)C3)n12. The quantitative estimate of drug-likeness (QED) is 0.712. The summed E-state index contributed by atoms with van der Waals surface area (Å²) < 4.78 is 3.83. The maximum atomic E-state index is 13.0. The van der Waals surface area contributed by atoms with Gasteiger partial charge in [-0.1, -0.05) is 26.0 Å². The number of rotatable bonds is 2. The van der Waals surface area contributed by atoms with Crippen LogP contribution in [0.4, 0.5) is 0 Å². The van der Waals surface area contributed by atoms with Crippen molar-refractivity contribution in [3.8, 4) is 0 Å². The molecule has 26 heavy (non-hydrogen) atoms. The van der Waals surface area contributed by atoms with Crippen LogP contribution in [0.2, 0.25) is 0 Å². The smallest absolute Gasteiger partial charge is 0.273 e. The molecule has 0 saturated carbocycles. The van der Waals surface area contributed by atoms with Gasteiger partial charge in [0.15, 0.2) is 5.65 Å². The van der Waals surface area contributed by atoms with Crippen LogP contribution in [0.25, 0.3) is 16.6 Å². The van der Waals surface area contributed by atoms with Crippen molar-refractivity contribution in [1.29, 1.82) is 0 Å². The summed E-state index contributed by atoms with van der Waals surface area (Å²) in [4.78, 5) is 31.1. The highest BCUT2D eigenvalue weighted by Gasteiger charge is 2.26. The van der Waals surface area contributed by atoms with E-state index in [1.807, 2.05) is 45.3 Å². The number of para-hydroxylation sites is 1. The molecule has 1 saturated heterocycles. The molecule has 1 aromatic carbocycles. The summed E-state index contributed by atoms with van der Waals surface area (Å²) in [6, 6.07) is 9.31. The fourth-order valence-corrected chi connectivity index (χ4v) is 4.32. The lowest BCUT2D eigenvalue weighted by atomic mass is 9.92. The number of aryl methyl sites for hydroxylation is 1. The largest absolute Gasteiger partial charge is 0.341 e. The van der Waals surface area contributed by atoms with Crippen LogP contribution in [0.5, 0.6) is 0 Å². The Morgan fingerprint density at radius 2 is 1.88 bits per heavy atom. The molecule has 1 aliphatic rings. The van der Waals surface area contributed by atoms with E-state index in [9.17, 15) is 9.59 Å². The average Bonchev–Trinajstić information content (AvgIpc) is 2.88. The summed E-state index contributed by atoms with van der Waals surface area (Å²) in [5.41, 5.74) is 2.05. The molecule has 0 radical (unpaired) electrons. The molecule has 4 rings (SSSR count). The van der Waals surface area contributed by atoms with Crippen molar-refractivity contribution in [3.63, 3.8) is 0 Å². The molecule has 1 fully saturated rings. The van der Waals surface area contributed by atoms with Crippen LogP contribution in [0.15, 0.2) is 35.1 Å². The monoisotopic (exact) mass is 352 g/mol. The van der Waals surface area contributed by atoms with Gasteiger partial charge in [-0.3, -0.25) is 14.3 Å². The Morgan fingerprint density at radius 1 is 1.19 bits per heavy atom. The van der Waals surface area contributed by atoms with E-state index in [-0.39, 0.29) is 18.0 Å². The van der Waals surface area contributed by atoms with Gasteiger partial charge in [0.2, 0.25) is 5.91 Å². The zero-order chi connectivity index (χ0) is 18.4. The summed E-state index contributed by atoms with van der Waals surface area (Å²) in [6.07, 6.45) is 1.17. The molecule has 0 unspecified atom stereocenters. The highest BCUT2D eigenvalue weighted by atomic mass is 16.2. The fourth-order valence-electron chi connectivity index (χ4n) is 4.32. The van der Waals surface area contributed by atoms with Crippen LogP contribution < -0.4 is 5.56 Å². The van der Waals surface area contributed by atoms with Crippen LogP contribution in [0.3, 0.4) is 0 Å². The third kappa shape index (κ3) is 2.79. The number of carbonyl (C=O) groups is 1. The highest BCUT2D eigenvalue weighted by molar-refractivity contribution is 5.93. The van der Waals surface area contributed by atoms with E-state index in [0.29, 0.717) is 17.5 Å². The van der Waals surface area contributed by atoms with Gasteiger partial charge in [0.1, 0.15) is 6.54 Å². The van der Waals surface area contributed by atoms with Crippen molar-refractivity contribution in [3.05, 3.63) is 46.4 Å². The zero-order valence-corrected chi connectivity index (χ0v) is 15.5. The minimum atomic E-state index is -0.254. The lowest BCUT2D eigenvalue weighted by molar-refractivity contribution is -0.134. The summed E-state index contributed by atoms with van der Waals surface area (Å²) >= 11 is 0. The maximum Gasteiger partial charge on any atom is 0.273 e. The number of piperidine rings is 1. The van der Waals surface area contributed by atoms with Gasteiger partial charge in [-0.25, -0.2) is 4.52 Å². The van der Waals surface area contributed by atoms with Crippen LogP contribution in [0, 0.1) is 18.8 Å². The van der Waals surface area contributed by atoms with Crippen molar-refractivity contribution in [2.24, 2.45) is 11.8 Å². The first-order valence-corrected chi connectivity index (χ1v) is 9.19. The standard InChI is InChI=1S/C20H24N4O2/c1-13-8-14(2)11-22(10-13)19(26)12-23-17-7-5-4-6-16(17)20-21-18(25)9-15(3)24(20)23/h4-7,9,13-14H,8,10-12H2,1-3H3/t13-,14-/m1/s1. The van der Waals surface area contributed by atoms with E-state index in [1.165, 1.54) is 12.5 Å². The minimum absolute atomic E-state index is 0.115. The minimum Gasteiger partial charge on any atom is -0.341 e. The second kappa shape index (κ2) is 6.27. The van der Waals surface area contributed by atoms with E-state index in [0.717, 1.165) is 29.7 Å². The van der Waals surface area contributed by atoms with E-state index in [1.54, 1.807) is 0 Å².